The normalized spacial score (nSPS) is 11.5. The third kappa shape index (κ3) is 5.76. The molecule has 11 rings (SSSR count). The van der Waals surface area contributed by atoms with E-state index >= 15 is 0 Å². The van der Waals surface area contributed by atoms with Gasteiger partial charge in [-0.3, -0.25) is 0 Å². The molecule has 0 saturated carbocycles. The molecule has 0 bridgehead atoms. The molecule has 3 heteroatoms. The zero-order valence-corrected chi connectivity index (χ0v) is 31.0. The molecular weight excluding hydrogens is 695 g/mol. The van der Waals surface area contributed by atoms with E-state index < -0.39 is 0 Å². The fourth-order valence-corrected chi connectivity index (χ4v) is 8.32. The van der Waals surface area contributed by atoms with E-state index in [1.54, 1.807) is 0 Å². The van der Waals surface area contributed by atoms with Crippen LogP contribution < -0.4 is 4.90 Å². The van der Waals surface area contributed by atoms with E-state index in [9.17, 15) is 0 Å². The van der Waals surface area contributed by atoms with Crippen LogP contribution in [0.5, 0.6) is 0 Å². The number of benzene rings is 9. The van der Waals surface area contributed by atoms with E-state index in [1.807, 2.05) is 18.2 Å². The molecule has 2 aromatic heterocycles. The number of fused-ring (bicyclic) bond motifs is 6. The Morgan fingerprint density at radius 1 is 0.298 bits per heavy atom. The van der Waals surface area contributed by atoms with Crippen molar-refractivity contribution in [3.63, 3.8) is 0 Å². The molecule has 0 aliphatic heterocycles. The monoisotopic (exact) mass is 729 g/mol. The van der Waals surface area contributed by atoms with Crippen molar-refractivity contribution in [3.8, 4) is 44.5 Å². The summed E-state index contributed by atoms with van der Waals surface area (Å²) < 4.78 is 13.1. The SMILES string of the molecule is c1ccc(-c2cc(-c3ccccc3)cc(N(c3ccc(-c4ccc5oc6ccccc6c5c4)cc3)c3ccc(-c4ccccc4)c4c3oc3ccccc34)c2)cc1. The van der Waals surface area contributed by atoms with E-state index in [2.05, 4.69) is 199 Å². The van der Waals surface area contributed by atoms with Gasteiger partial charge in [0.15, 0.2) is 5.58 Å². The molecule has 0 fully saturated rings. The minimum Gasteiger partial charge on any atom is -0.456 e. The molecule has 0 unspecified atom stereocenters. The molecule has 0 aliphatic rings. The zero-order chi connectivity index (χ0) is 37.7. The van der Waals surface area contributed by atoms with Crippen LogP contribution in [0.1, 0.15) is 0 Å². The van der Waals surface area contributed by atoms with Gasteiger partial charge >= 0.3 is 0 Å². The Hall–Kier alpha value is -7.62. The molecule has 0 spiro atoms. The third-order valence-corrected chi connectivity index (χ3v) is 11.1. The summed E-state index contributed by atoms with van der Waals surface area (Å²) in [7, 11) is 0. The molecule has 57 heavy (non-hydrogen) atoms. The van der Waals surface area contributed by atoms with Crippen LogP contribution in [0.4, 0.5) is 17.1 Å². The second-order valence-corrected chi connectivity index (χ2v) is 14.5. The van der Waals surface area contributed by atoms with Gasteiger partial charge in [0.1, 0.15) is 16.7 Å². The number of hydrogen-bond acceptors (Lipinski definition) is 3. The second-order valence-electron chi connectivity index (χ2n) is 14.5. The number of rotatable bonds is 7. The highest BCUT2D eigenvalue weighted by Gasteiger charge is 2.23. The van der Waals surface area contributed by atoms with Crippen molar-refractivity contribution in [2.45, 2.75) is 0 Å². The van der Waals surface area contributed by atoms with E-state index in [-0.39, 0.29) is 0 Å². The number of furan rings is 2. The maximum absolute atomic E-state index is 6.91. The van der Waals surface area contributed by atoms with Gasteiger partial charge in [0.2, 0.25) is 0 Å². The van der Waals surface area contributed by atoms with E-state index in [0.717, 1.165) is 105 Å². The predicted octanol–water partition coefficient (Wildman–Crippen LogP) is 15.6. The molecule has 268 valence electrons. The largest absolute Gasteiger partial charge is 0.456 e. The molecule has 0 radical (unpaired) electrons. The van der Waals surface area contributed by atoms with Gasteiger partial charge in [-0.25, -0.2) is 0 Å². The summed E-state index contributed by atoms with van der Waals surface area (Å²) in [5.41, 5.74) is 15.6. The van der Waals surface area contributed by atoms with Crippen LogP contribution in [0.15, 0.2) is 221 Å². The number of hydrogen-bond donors (Lipinski definition) is 0. The Kier molecular flexibility index (Phi) is 7.82. The Labute approximate surface area is 330 Å². The van der Waals surface area contributed by atoms with Gasteiger partial charge in [0.25, 0.3) is 0 Å². The molecule has 3 nitrogen and oxygen atoms in total. The first-order valence-corrected chi connectivity index (χ1v) is 19.3. The maximum Gasteiger partial charge on any atom is 0.160 e. The van der Waals surface area contributed by atoms with Gasteiger partial charge in [-0.05, 0) is 105 Å². The van der Waals surface area contributed by atoms with E-state index in [4.69, 9.17) is 8.83 Å². The van der Waals surface area contributed by atoms with Crippen molar-refractivity contribution in [3.05, 3.63) is 212 Å². The van der Waals surface area contributed by atoms with Crippen molar-refractivity contribution in [2.75, 3.05) is 4.90 Å². The zero-order valence-electron chi connectivity index (χ0n) is 31.0. The first kappa shape index (κ1) is 32.8. The second kappa shape index (κ2) is 13.6. The van der Waals surface area contributed by atoms with Crippen LogP contribution in [0.25, 0.3) is 88.4 Å². The number of anilines is 3. The van der Waals surface area contributed by atoms with Gasteiger partial charge in [0.05, 0.1) is 5.69 Å². The van der Waals surface area contributed by atoms with Crippen LogP contribution in [-0.2, 0) is 0 Å². The lowest BCUT2D eigenvalue weighted by Gasteiger charge is -2.27. The Bertz CT molecular complexity index is 3160. The molecule has 0 aliphatic carbocycles. The first-order valence-electron chi connectivity index (χ1n) is 19.3. The van der Waals surface area contributed by atoms with Crippen molar-refractivity contribution in [1.29, 1.82) is 0 Å². The molecular formula is C54H35NO2. The molecule has 0 N–H and O–H groups in total. The van der Waals surface area contributed by atoms with Crippen molar-refractivity contribution < 1.29 is 8.83 Å². The highest BCUT2D eigenvalue weighted by molar-refractivity contribution is 6.17. The predicted molar refractivity (Wildman–Crippen MR) is 237 cm³/mol. The lowest BCUT2D eigenvalue weighted by Crippen LogP contribution is -2.11. The Balaban J connectivity index is 1.14. The summed E-state index contributed by atoms with van der Waals surface area (Å²) in [6, 6.07) is 75.2. The average Bonchev–Trinajstić information content (AvgIpc) is 3.87. The van der Waals surface area contributed by atoms with Crippen molar-refractivity contribution >= 4 is 60.9 Å². The first-order chi connectivity index (χ1) is 28.2. The molecule has 11 aromatic rings. The quantitative estimate of drug-likeness (QED) is 0.164. The highest BCUT2D eigenvalue weighted by Crippen LogP contribution is 2.47. The third-order valence-electron chi connectivity index (χ3n) is 11.1. The molecule has 0 saturated heterocycles. The van der Waals surface area contributed by atoms with Gasteiger partial charge in [-0.15, -0.1) is 0 Å². The minimum atomic E-state index is 0.838. The van der Waals surface area contributed by atoms with Crippen molar-refractivity contribution in [2.24, 2.45) is 0 Å². The van der Waals surface area contributed by atoms with Gasteiger partial charge in [0, 0.05) is 32.9 Å². The van der Waals surface area contributed by atoms with Crippen LogP contribution in [-0.4, -0.2) is 0 Å². The van der Waals surface area contributed by atoms with Gasteiger partial charge in [-0.2, -0.15) is 0 Å². The highest BCUT2D eigenvalue weighted by atomic mass is 16.3. The number of nitrogens with zero attached hydrogens (tertiary/aromatic N) is 1. The summed E-state index contributed by atoms with van der Waals surface area (Å²) in [5.74, 6) is 0. The standard InChI is InChI=1S/C54H35NO2/c1-4-14-36(15-5-1)41-32-42(37-16-6-2-7-17-37)34-44(33-41)55(43-27-24-38(25-28-43)40-26-31-52-48(35-40)46-20-10-12-22-50(46)56-52)49-30-29-45(39-18-8-3-9-19-39)53-47-21-11-13-23-51(47)57-54(49)53/h1-35H. The Morgan fingerprint density at radius 2 is 0.825 bits per heavy atom. The fourth-order valence-electron chi connectivity index (χ4n) is 8.32. The van der Waals surface area contributed by atoms with Crippen LogP contribution in [0.2, 0.25) is 0 Å². The minimum absolute atomic E-state index is 0.838. The van der Waals surface area contributed by atoms with E-state index in [0.29, 0.717) is 0 Å². The van der Waals surface area contributed by atoms with Crippen molar-refractivity contribution in [1.82, 2.24) is 0 Å². The average molecular weight is 730 g/mol. The van der Waals surface area contributed by atoms with Gasteiger partial charge in [-0.1, -0.05) is 152 Å². The van der Waals surface area contributed by atoms with E-state index in [1.165, 1.54) is 0 Å². The summed E-state index contributed by atoms with van der Waals surface area (Å²) in [5, 5.41) is 4.43. The summed E-state index contributed by atoms with van der Waals surface area (Å²) >= 11 is 0. The lowest BCUT2D eigenvalue weighted by atomic mass is 9.96. The maximum atomic E-state index is 6.91. The molecule has 2 heterocycles. The van der Waals surface area contributed by atoms with Crippen LogP contribution in [0, 0.1) is 0 Å². The van der Waals surface area contributed by atoms with Gasteiger partial charge < -0.3 is 13.7 Å². The topological polar surface area (TPSA) is 29.5 Å². The summed E-state index contributed by atoms with van der Waals surface area (Å²) in [6.07, 6.45) is 0. The Morgan fingerprint density at radius 3 is 1.49 bits per heavy atom. The molecule has 9 aromatic carbocycles. The molecule has 0 amide bonds. The smallest absolute Gasteiger partial charge is 0.160 e. The number of para-hydroxylation sites is 2. The van der Waals surface area contributed by atoms with Crippen LogP contribution in [0.3, 0.4) is 0 Å². The van der Waals surface area contributed by atoms with Crippen LogP contribution >= 0.6 is 0 Å². The summed E-state index contributed by atoms with van der Waals surface area (Å²) in [6.45, 7) is 0. The fraction of sp³-hybridized carbons (Fsp3) is 0. The summed E-state index contributed by atoms with van der Waals surface area (Å²) in [4.78, 5) is 2.36. The lowest BCUT2D eigenvalue weighted by molar-refractivity contribution is 0.668. The molecule has 0 atom stereocenters.